The molecule has 1 N–H and O–H groups in total. The Bertz CT molecular complexity index is 2950. The average molecular weight is 987 g/mol. The number of pyridine rings is 3. The van der Waals surface area contributed by atoms with Crippen LogP contribution in [0.1, 0.15) is 78.4 Å². The summed E-state index contributed by atoms with van der Waals surface area (Å²) in [5.41, 5.74) is 2.62. The average Bonchev–Trinajstić information content (AvgIpc) is 3.99. The van der Waals surface area contributed by atoms with Crippen LogP contribution in [0.5, 0.6) is 0 Å². The molecule has 3 saturated heterocycles. The van der Waals surface area contributed by atoms with Gasteiger partial charge in [-0.1, -0.05) is 11.6 Å². The molecule has 7 heterocycles. The van der Waals surface area contributed by atoms with Gasteiger partial charge in [0.15, 0.2) is 0 Å². The van der Waals surface area contributed by atoms with Crippen LogP contribution in [-0.4, -0.2) is 99.5 Å². The fourth-order valence-electron chi connectivity index (χ4n) is 9.04. The van der Waals surface area contributed by atoms with E-state index in [0.29, 0.717) is 97.5 Å². The molecule has 2 atom stereocenters. The Hall–Kier alpha value is -6.40. The molecule has 4 aromatic heterocycles. The quantitative estimate of drug-likeness (QED) is 0.114. The zero-order valence-corrected chi connectivity index (χ0v) is 41.2. The molecule has 0 saturated carbocycles. The molecule has 370 valence electrons. The first-order valence-corrected chi connectivity index (χ1v) is 23.6. The van der Waals surface area contributed by atoms with E-state index in [4.69, 9.17) is 35.8 Å². The van der Waals surface area contributed by atoms with Gasteiger partial charge in [0.05, 0.1) is 51.4 Å². The monoisotopic (exact) mass is 985 g/mol. The minimum atomic E-state index is -0.753. The van der Waals surface area contributed by atoms with Gasteiger partial charge in [-0.2, -0.15) is 0 Å². The van der Waals surface area contributed by atoms with Crippen LogP contribution in [-0.2, 0) is 23.8 Å². The number of ether oxygens (including phenoxy) is 3. The van der Waals surface area contributed by atoms with E-state index in [9.17, 15) is 22.8 Å². The molecule has 0 radical (unpaired) electrons. The van der Waals surface area contributed by atoms with Crippen molar-refractivity contribution in [2.24, 2.45) is 0 Å². The Kier molecular flexibility index (Phi) is 14.4. The Morgan fingerprint density at radius 3 is 1.77 bits per heavy atom. The highest BCUT2D eigenvalue weighted by molar-refractivity contribution is 6.36. The van der Waals surface area contributed by atoms with Crippen molar-refractivity contribution >= 4 is 74.2 Å². The Morgan fingerprint density at radius 2 is 1.23 bits per heavy atom. The summed E-state index contributed by atoms with van der Waals surface area (Å²) in [4.78, 5) is 53.8. The van der Waals surface area contributed by atoms with Crippen LogP contribution < -0.4 is 20.0 Å². The number of hydrogen-bond acceptors (Lipinski definition) is 14. The molecule has 0 spiro atoms. The Labute approximate surface area is 408 Å². The fraction of sp³-hybridized carbons (Fsp3) is 0.431. The SMILES string of the molecule is Cc1c(N2CCC[C@@H]2C(=O)OC(C)(C)C)nc2cc(F)cc(F)c2c1Cl.Cc1c(N2CCC[C@@H]2C(=O)OC(C)(C)C)nc2cc(F)cc(F)c2c1Nc1cc(N2CCOCC2)ncc1-c1cncnc1. The van der Waals surface area contributed by atoms with Gasteiger partial charge >= 0.3 is 11.9 Å². The van der Waals surface area contributed by atoms with Gasteiger partial charge in [0, 0.05) is 97.4 Å². The number of aromatic nitrogens is 5. The maximum absolute atomic E-state index is 15.6. The molecular formula is C51H56ClF4N9O5. The number of morpholine rings is 1. The predicted octanol–water partition coefficient (Wildman–Crippen LogP) is 10.3. The van der Waals surface area contributed by atoms with Crippen molar-refractivity contribution in [3.8, 4) is 11.1 Å². The summed E-state index contributed by atoms with van der Waals surface area (Å²) in [7, 11) is 0. The second-order valence-electron chi connectivity index (χ2n) is 19.6. The summed E-state index contributed by atoms with van der Waals surface area (Å²) in [6.45, 7) is 18.1. The largest absolute Gasteiger partial charge is 0.458 e. The van der Waals surface area contributed by atoms with Crippen molar-refractivity contribution in [3.63, 3.8) is 0 Å². The van der Waals surface area contributed by atoms with Gasteiger partial charge in [0.2, 0.25) is 0 Å². The molecule has 0 unspecified atom stereocenters. The minimum Gasteiger partial charge on any atom is -0.458 e. The molecule has 14 nitrogen and oxygen atoms in total. The van der Waals surface area contributed by atoms with E-state index in [-0.39, 0.29) is 38.8 Å². The lowest BCUT2D eigenvalue weighted by Crippen LogP contribution is -2.41. The molecule has 0 aliphatic carbocycles. The number of nitrogens with zero attached hydrogens (tertiary/aromatic N) is 8. The molecule has 9 rings (SSSR count). The summed E-state index contributed by atoms with van der Waals surface area (Å²) in [5.74, 6) is -2.01. The number of fused-ring (bicyclic) bond motifs is 2. The summed E-state index contributed by atoms with van der Waals surface area (Å²) in [5, 5.41) is 3.87. The van der Waals surface area contributed by atoms with Gasteiger partial charge in [-0.3, -0.25) is 0 Å². The second kappa shape index (κ2) is 20.1. The van der Waals surface area contributed by atoms with Crippen LogP contribution in [0.25, 0.3) is 32.9 Å². The van der Waals surface area contributed by atoms with E-state index in [1.807, 2.05) is 64.3 Å². The molecule has 2 aromatic carbocycles. The summed E-state index contributed by atoms with van der Waals surface area (Å²) >= 11 is 6.36. The molecule has 6 aromatic rings. The van der Waals surface area contributed by atoms with E-state index in [2.05, 4.69) is 25.2 Å². The maximum Gasteiger partial charge on any atom is 0.329 e. The fourth-order valence-corrected chi connectivity index (χ4v) is 9.32. The first-order valence-electron chi connectivity index (χ1n) is 23.3. The van der Waals surface area contributed by atoms with Crippen molar-refractivity contribution in [1.29, 1.82) is 0 Å². The van der Waals surface area contributed by atoms with Crippen LogP contribution in [0.3, 0.4) is 0 Å². The van der Waals surface area contributed by atoms with Crippen molar-refractivity contribution in [2.75, 3.05) is 59.4 Å². The lowest BCUT2D eigenvalue weighted by Gasteiger charge is -2.30. The van der Waals surface area contributed by atoms with Crippen LogP contribution in [0, 0.1) is 37.1 Å². The highest BCUT2D eigenvalue weighted by atomic mass is 35.5. The Morgan fingerprint density at radius 1 is 0.714 bits per heavy atom. The normalized spacial score (nSPS) is 17.5. The number of halogens is 5. The number of anilines is 5. The van der Waals surface area contributed by atoms with E-state index >= 15 is 4.39 Å². The van der Waals surface area contributed by atoms with Crippen molar-refractivity contribution < 1.29 is 41.4 Å². The number of hydrogen-bond donors (Lipinski definition) is 1. The first-order chi connectivity index (χ1) is 33.2. The van der Waals surface area contributed by atoms with Crippen LogP contribution >= 0.6 is 11.6 Å². The highest BCUT2D eigenvalue weighted by Crippen LogP contribution is 2.42. The first kappa shape index (κ1) is 50.0. The number of esters is 2. The number of carbonyl (C=O) groups is 2. The standard InChI is InChI=1S/C32H35F2N7O3.C19H21ClF2N2O2/c1-19-29(38-24-14-27(40-8-10-43-11-9-40)37-17-22(24)20-15-35-18-36-16-20)28-23(34)12-21(33)13-25(28)39-30(19)41-7-5-6-26(41)31(42)44-32(2,3)4;1-10-16(20)15-12(22)8-11(21)9-13(15)23-17(10)24-7-5-6-14(24)18(25)26-19(2,3)4/h12-18,26H,5-11H2,1-4H3,(H,37,38,39);8-9,14H,5-7H2,1-4H3/t26-;14-/m11/s1. The van der Waals surface area contributed by atoms with Crippen molar-refractivity contribution in [1.82, 2.24) is 24.9 Å². The van der Waals surface area contributed by atoms with Gasteiger partial charge in [0.1, 0.15) is 70.3 Å². The van der Waals surface area contributed by atoms with Crippen molar-refractivity contribution in [3.05, 3.63) is 94.7 Å². The van der Waals surface area contributed by atoms with Crippen LogP contribution in [0.4, 0.5) is 46.4 Å². The zero-order chi connectivity index (χ0) is 50.2. The van der Waals surface area contributed by atoms with E-state index < -0.39 is 46.6 Å². The van der Waals surface area contributed by atoms with Gasteiger partial charge in [-0.05, 0) is 81.1 Å². The highest BCUT2D eigenvalue weighted by Gasteiger charge is 2.38. The summed E-state index contributed by atoms with van der Waals surface area (Å²) in [6, 6.07) is 4.83. The molecule has 3 fully saturated rings. The second-order valence-corrected chi connectivity index (χ2v) is 20.0. The van der Waals surface area contributed by atoms with Crippen LogP contribution in [0.2, 0.25) is 5.02 Å². The van der Waals surface area contributed by atoms with Crippen LogP contribution in [0.15, 0.2) is 55.2 Å². The maximum atomic E-state index is 15.6. The predicted molar refractivity (Wildman–Crippen MR) is 262 cm³/mol. The van der Waals surface area contributed by atoms with Gasteiger partial charge in [-0.15, -0.1) is 0 Å². The number of carbonyl (C=O) groups excluding carboxylic acids is 2. The smallest absolute Gasteiger partial charge is 0.329 e. The molecule has 70 heavy (non-hydrogen) atoms. The molecule has 3 aliphatic heterocycles. The topological polar surface area (TPSA) is 148 Å². The molecule has 3 aliphatic rings. The van der Waals surface area contributed by atoms with Gasteiger partial charge in [-0.25, -0.2) is 52.1 Å². The number of nitrogens with one attached hydrogen (secondary N) is 1. The van der Waals surface area contributed by atoms with Gasteiger partial charge in [0.25, 0.3) is 0 Å². The molecule has 19 heteroatoms. The molecular weight excluding hydrogens is 930 g/mol. The van der Waals surface area contributed by atoms with E-state index in [1.165, 1.54) is 12.4 Å². The number of rotatable bonds is 8. The third-order valence-electron chi connectivity index (χ3n) is 12.1. The minimum absolute atomic E-state index is 0.0855. The third kappa shape index (κ3) is 10.8. The third-order valence-corrected chi connectivity index (χ3v) is 12.6. The Balaban J connectivity index is 0.000000216. The van der Waals surface area contributed by atoms with E-state index in [1.54, 1.807) is 25.5 Å². The van der Waals surface area contributed by atoms with E-state index in [0.717, 1.165) is 36.9 Å². The summed E-state index contributed by atoms with van der Waals surface area (Å²) < 4.78 is 74.7. The molecule has 0 amide bonds. The number of benzene rings is 2. The lowest BCUT2D eigenvalue weighted by atomic mass is 10.0. The van der Waals surface area contributed by atoms with Gasteiger partial charge < -0.3 is 34.2 Å². The zero-order valence-electron chi connectivity index (χ0n) is 40.4. The molecule has 0 bridgehead atoms. The van der Waals surface area contributed by atoms with Crippen molar-refractivity contribution in [2.45, 2.75) is 104 Å². The lowest BCUT2D eigenvalue weighted by molar-refractivity contribution is -0.157. The summed E-state index contributed by atoms with van der Waals surface area (Å²) in [6.07, 6.45) is 9.28.